The minimum Gasteiger partial charge on any atom is -0.465 e. The number of carbonyl (C=O) groups excluding carboxylic acids is 1. The molecule has 124 valence electrons. The maximum Gasteiger partial charge on any atom is 0.416 e. The number of rotatable bonds is 6. The number of alkyl halides is 3. The highest BCUT2D eigenvalue weighted by molar-refractivity contribution is 7.89. The summed E-state index contributed by atoms with van der Waals surface area (Å²) in [4.78, 5) is 10.9. The van der Waals surface area contributed by atoms with E-state index < -0.39 is 39.2 Å². The zero-order chi connectivity index (χ0) is 17.0. The molecule has 0 atom stereocenters. The normalized spacial score (nSPS) is 12.5. The van der Waals surface area contributed by atoms with Crippen molar-refractivity contribution in [2.75, 3.05) is 19.7 Å². The summed E-state index contributed by atoms with van der Waals surface area (Å²) in [6, 6.07) is 3.39. The standard InChI is InChI=1S/C13H16F3NO4S/c1-3-17(9-12(18)21-4-2)22(19,20)11-7-5-6-10(8-11)13(14,15)16/h5-8H,3-4,9H2,1-2H3. The Labute approximate surface area is 126 Å². The lowest BCUT2D eigenvalue weighted by molar-refractivity contribution is -0.143. The summed E-state index contributed by atoms with van der Waals surface area (Å²) in [5.74, 6) is -0.764. The van der Waals surface area contributed by atoms with Gasteiger partial charge in [0.2, 0.25) is 10.0 Å². The lowest BCUT2D eigenvalue weighted by Gasteiger charge is -2.20. The molecule has 9 heteroatoms. The first-order valence-corrected chi connectivity index (χ1v) is 7.90. The molecule has 0 N–H and O–H groups in total. The molecule has 1 rings (SSSR count). The molecule has 0 bridgehead atoms. The second-order valence-corrected chi connectivity index (χ2v) is 6.20. The summed E-state index contributed by atoms with van der Waals surface area (Å²) in [5.41, 5.74) is -1.07. The predicted octanol–water partition coefficient (Wildman–Crippen LogP) is 2.28. The Hall–Kier alpha value is -1.61. The van der Waals surface area contributed by atoms with Gasteiger partial charge in [0.05, 0.1) is 17.1 Å². The highest BCUT2D eigenvalue weighted by Gasteiger charge is 2.33. The van der Waals surface area contributed by atoms with Crippen LogP contribution in [0.5, 0.6) is 0 Å². The van der Waals surface area contributed by atoms with Crippen LogP contribution < -0.4 is 0 Å². The van der Waals surface area contributed by atoms with Crippen LogP contribution in [0, 0.1) is 0 Å². The van der Waals surface area contributed by atoms with Gasteiger partial charge in [0, 0.05) is 6.54 Å². The Balaban J connectivity index is 3.14. The number of carbonyl (C=O) groups is 1. The van der Waals surface area contributed by atoms with E-state index in [1.807, 2.05) is 0 Å². The van der Waals surface area contributed by atoms with E-state index in [0.29, 0.717) is 6.07 Å². The van der Waals surface area contributed by atoms with E-state index in [2.05, 4.69) is 4.74 Å². The summed E-state index contributed by atoms with van der Waals surface area (Å²) >= 11 is 0. The van der Waals surface area contributed by atoms with Gasteiger partial charge in [0.1, 0.15) is 6.54 Å². The lowest BCUT2D eigenvalue weighted by Crippen LogP contribution is -2.36. The lowest BCUT2D eigenvalue weighted by atomic mass is 10.2. The average molecular weight is 339 g/mol. The average Bonchev–Trinajstić information content (AvgIpc) is 2.44. The van der Waals surface area contributed by atoms with E-state index in [1.165, 1.54) is 6.92 Å². The highest BCUT2D eigenvalue weighted by atomic mass is 32.2. The third-order valence-electron chi connectivity index (χ3n) is 2.76. The molecule has 0 radical (unpaired) electrons. The molecule has 1 aromatic carbocycles. The molecule has 0 aliphatic rings. The highest BCUT2D eigenvalue weighted by Crippen LogP contribution is 2.31. The molecule has 0 saturated carbocycles. The maximum absolute atomic E-state index is 12.7. The Kier molecular flexibility index (Phi) is 5.95. The molecule has 1 aromatic rings. The van der Waals surface area contributed by atoms with E-state index in [0.717, 1.165) is 22.5 Å². The van der Waals surface area contributed by atoms with Crippen molar-refractivity contribution in [1.29, 1.82) is 0 Å². The number of benzene rings is 1. The predicted molar refractivity (Wildman–Crippen MR) is 72.5 cm³/mol. The third-order valence-corrected chi connectivity index (χ3v) is 4.68. The molecule has 0 unspecified atom stereocenters. The van der Waals surface area contributed by atoms with Crippen molar-refractivity contribution in [3.05, 3.63) is 29.8 Å². The minimum absolute atomic E-state index is 0.0720. The number of likely N-dealkylation sites (N-methyl/N-ethyl adjacent to an activating group) is 1. The van der Waals surface area contributed by atoms with Crippen molar-refractivity contribution in [3.8, 4) is 0 Å². The maximum atomic E-state index is 12.7. The van der Waals surface area contributed by atoms with Gasteiger partial charge in [-0.05, 0) is 25.1 Å². The van der Waals surface area contributed by atoms with Gasteiger partial charge in [0.25, 0.3) is 0 Å². The second-order valence-electron chi connectivity index (χ2n) is 4.26. The second kappa shape index (κ2) is 7.10. The first kappa shape index (κ1) is 18.4. The van der Waals surface area contributed by atoms with Crippen LogP contribution in [0.4, 0.5) is 13.2 Å². The van der Waals surface area contributed by atoms with Gasteiger partial charge >= 0.3 is 12.1 Å². The van der Waals surface area contributed by atoms with Crippen LogP contribution in [-0.2, 0) is 25.7 Å². The summed E-state index contributed by atoms with van der Waals surface area (Å²) in [5, 5.41) is 0. The SMILES string of the molecule is CCOC(=O)CN(CC)S(=O)(=O)c1cccc(C(F)(F)F)c1. The van der Waals surface area contributed by atoms with Gasteiger partial charge in [-0.1, -0.05) is 13.0 Å². The van der Waals surface area contributed by atoms with Gasteiger partial charge in [-0.25, -0.2) is 8.42 Å². The van der Waals surface area contributed by atoms with E-state index in [4.69, 9.17) is 0 Å². The summed E-state index contributed by atoms with van der Waals surface area (Å²) in [6.07, 6.45) is -4.65. The number of hydrogen-bond donors (Lipinski definition) is 0. The van der Waals surface area contributed by atoms with Crippen molar-refractivity contribution in [3.63, 3.8) is 0 Å². The molecular formula is C13H16F3NO4S. The monoisotopic (exact) mass is 339 g/mol. The molecule has 0 heterocycles. The van der Waals surface area contributed by atoms with E-state index in [9.17, 15) is 26.4 Å². The molecule has 0 aliphatic heterocycles. The van der Waals surface area contributed by atoms with Crippen LogP contribution in [0.15, 0.2) is 29.2 Å². The Morgan fingerprint density at radius 3 is 2.41 bits per heavy atom. The topological polar surface area (TPSA) is 63.7 Å². The van der Waals surface area contributed by atoms with Crippen LogP contribution in [0.2, 0.25) is 0 Å². The van der Waals surface area contributed by atoms with Crippen molar-refractivity contribution in [2.45, 2.75) is 24.9 Å². The van der Waals surface area contributed by atoms with Crippen molar-refractivity contribution in [1.82, 2.24) is 4.31 Å². The Morgan fingerprint density at radius 1 is 1.27 bits per heavy atom. The van der Waals surface area contributed by atoms with Gasteiger partial charge in [0.15, 0.2) is 0 Å². The van der Waals surface area contributed by atoms with Gasteiger partial charge in [-0.15, -0.1) is 0 Å². The molecule has 22 heavy (non-hydrogen) atoms. The van der Waals surface area contributed by atoms with Crippen molar-refractivity contribution in [2.24, 2.45) is 0 Å². The molecule has 0 aliphatic carbocycles. The number of nitrogens with zero attached hydrogens (tertiary/aromatic N) is 1. The van der Waals surface area contributed by atoms with Crippen LogP contribution in [0.1, 0.15) is 19.4 Å². The zero-order valence-electron chi connectivity index (χ0n) is 12.1. The first-order valence-electron chi connectivity index (χ1n) is 6.46. The summed E-state index contributed by atoms with van der Waals surface area (Å²) in [6.45, 7) is 2.50. The van der Waals surface area contributed by atoms with E-state index in [1.54, 1.807) is 6.92 Å². The van der Waals surface area contributed by atoms with E-state index in [-0.39, 0.29) is 13.2 Å². The zero-order valence-corrected chi connectivity index (χ0v) is 12.9. The van der Waals surface area contributed by atoms with Crippen LogP contribution in [0.25, 0.3) is 0 Å². The van der Waals surface area contributed by atoms with Gasteiger partial charge < -0.3 is 4.74 Å². The smallest absolute Gasteiger partial charge is 0.416 e. The molecule has 0 fully saturated rings. The molecule has 0 aromatic heterocycles. The first-order chi connectivity index (χ1) is 10.1. The summed E-state index contributed by atoms with van der Waals surface area (Å²) in [7, 11) is -4.21. The van der Waals surface area contributed by atoms with Crippen molar-refractivity contribution >= 4 is 16.0 Å². The van der Waals surface area contributed by atoms with E-state index >= 15 is 0 Å². The van der Waals surface area contributed by atoms with Gasteiger partial charge in [-0.3, -0.25) is 4.79 Å². The molecule has 0 saturated heterocycles. The molecule has 5 nitrogen and oxygen atoms in total. The quantitative estimate of drug-likeness (QED) is 0.746. The number of sulfonamides is 1. The van der Waals surface area contributed by atoms with Crippen molar-refractivity contribution < 1.29 is 31.1 Å². The fourth-order valence-corrected chi connectivity index (χ4v) is 3.14. The molecule has 0 spiro atoms. The number of halogens is 3. The molecular weight excluding hydrogens is 323 g/mol. The Bertz CT molecular complexity index is 628. The number of ether oxygens (including phenoxy) is 1. The van der Waals surface area contributed by atoms with Crippen LogP contribution in [0.3, 0.4) is 0 Å². The third kappa shape index (κ3) is 4.44. The Morgan fingerprint density at radius 2 is 1.91 bits per heavy atom. The largest absolute Gasteiger partial charge is 0.465 e. The number of hydrogen-bond acceptors (Lipinski definition) is 4. The van der Waals surface area contributed by atoms with Gasteiger partial charge in [-0.2, -0.15) is 17.5 Å². The molecule has 0 amide bonds. The fraction of sp³-hybridized carbons (Fsp3) is 0.462. The number of esters is 1. The summed E-state index contributed by atoms with van der Waals surface area (Å²) < 4.78 is 68.1. The fourth-order valence-electron chi connectivity index (χ4n) is 1.70. The minimum atomic E-state index is -4.65. The van der Waals surface area contributed by atoms with Crippen LogP contribution in [-0.4, -0.2) is 38.4 Å². The van der Waals surface area contributed by atoms with Crippen LogP contribution >= 0.6 is 0 Å².